The first-order valence-electron chi connectivity index (χ1n) is 7.93. The van der Waals surface area contributed by atoms with E-state index >= 15 is 0 Å². The van der Waals surface area contributed by atoms with Crippen LogP contribution in [0.15, 0.2) is 47.6 Å². The number of carbonyl (C=O) groups is 1. The van der Waals surface area contributed by atoms with Gasteiger partial charge >= 0.3 is 0 Å². The molecule has 7 nitrogen and oxygen atoms in total. The van der Waals surface area contributed by atoms with E-state index in [1.54, 1.807) is 10.7 Å². The first kappa shape index (κ1) is 17.6. The van der Waals surface area contributed by atoms with Gasteiger partial charge in [-0.25, -0.2) is 9.37 Å². The highest BCUT2D eigenvalue weighted by molar-refractivity contribution is 7.99. The maximum Gasteiger partial charge on any atom is 0.236 e. The zero-order valence-corrected chi connectivity index (χ0v) is 15.7. The molecule has 0 saturated carbocycles. The highest BCUT2D eigenvalue weighted by Gasteiger charge is 2.14. The van der Waals surface area contributed by atoms with Crippen LogP contribution in [0.4, 0.5) is 9.52 Å². The van der Waals surface area contributed by atoms with E-state index in [0.29, 0.717) is 20.5 Å². The van der Waals surface area contributed by atoms with Gasteiger partial charge in [-0.2, -0.15) is 4.68 Å². The lowest BCUT2D eigenvalue weighted by Gasteiger charge is -2.06. The number of benzene rings is 2. The number of amides is 1. The summed E-state index contributed by atoms with van der Waals surface area (Å²) in [5.74, 6) is -0.447. The molecule has 2 aromatic heterocycles. The van der Waals surface area contributed by atoms with Crippen molar-refractivity contribution in [2.75, 3.05) is 11.1 Å². The lowest BCUT2D eigenvalue weighted by atomic mass is 10.2. The van der Waals surface area contributed by atoms with Gasteiger partial charge in [-0.1, -0.05) is 41.3 Å². The fourth-order valence-electron chi connectivity index (χ4n) is 2.46. The van der Waals surface area contributed by atoms with Crippen LogP contribution in [-0.2, 0) is 4.79 Å². The van der Waals surface area contributed by atoms with E-state index in [9.17, 15) is 9.18 Å². The number of hydrogen-bond acceptors (Lipinski definition) is 7. The summed E-state index contributed by atoms with van der Waals surface area (Å²) in [7, 11) is 0. The van der Waals surface area contributed by atoms with Crippen molar-refractivity contribution in [3.63, 3.8) is 0 Å². The van der Waals surface area contributed by atoms with Crippen LogP contribution in [0.1, 0.15) is 5.56 Å². The molecule has 0 saturated heterocycles. The Morgan fingerprint density at radius 3 is 3.00 bits per heavy atom. The Labute approximate surface area is 161 Å². The molecule has 4 rings (SSSR count). The van der Waals surface area contributed by atoms with E-state index in [-0.39, 0.29) is 17.5 Å². The summed E-state index contributed by atoms with van der Waals surface area (Å²) in [4.78, 5) is 16.5. The topological polar surface area (TPSA) is 85.6 Å². The fourth-order valence-corrected chi connectivity index (χ4v) is 4.05. The maximum atomic E-state index is 13.3. The SMILES string of the molecule is Cc1ccccc1-n1nnnc1SCC(=O)Nc1nc2ccc(F)cc2s1. The number of tetrazole rings is 1. The first-order chi connectivity index (χ1) is 13.1. The number of carbonyl (C=O) groups excluding carboxylic acids is 1. The summed E-state index contributed by atoms with van der Waals surface area (Å²) < 4.78 is 15.5. The summed E-state index contributed by atoms with van der Waals surface area (Å²) in [5.41, 5.74) is 2.53. The standard InChI is InChI=1S/C17H13FN6OS2/c1-10-4-2-3-5-13(10)24-17(21-22-23-24)26-9-15(25)20-16-19-12-7-6-11(18)8-14(12)27-16/h2-8H,9H2,1H3,(H,19,20,25). The molecule has 10 heteroatoms. The van der Waals surface area contributed by atoms with Gasteiger partial charge in [0.2, 0.25) is 11.1 Å². The average molecular weight is 400 g/mol. The predicted octanol–water partition coefficient (Wildman–Crippen LogP) is 3.45. The Morgan fingerprint density at radius 1 is 1.30 bits per heavy atom. The van der Waals surface area contributed by atoms with Crippen molar-refractivity contribution in [2.24, 2.45) is 0 Å². The maximum absolute atomic E-state index is 13.3. The summed E-state index contributed by atoms with van der Waals surface area (Å²) >= 11 is 2.45. The van der Waals surface area contributed by atoms with E-state index in [0.717, 1.165) is 11.3 Å². The number of para-hydroxylation sites is 1. The quantitative estimate of drug-likeness (QED) is 0.517. The third-order valence-electron chi connectivity index (χ3n) is 3.71. The smallest absolute Gasteiger partial charge is 0.236 e. The third-order valence-corrected chi connectivity index (χ3v) is 5.57. The molecule has 0 aliphatic rings. The molecular weight excluding hydrogens is 387 g/mol. The van der Waals surface area contributed by atoms with E-state index in [1.807, 2.05) is 31.2 Å². The molecule has 0 radical (unpaired) electrons. The van der Waals surface area contributed by atoms with Crippen LogP contribution in [0, 0.1) is 12.7 Å². The average Bonchev–Trinajstić information content (AvgIpc) is 3.26. The molecule has 27 heavy (non-hydrogen) atoms. The largest absolute Gasteiger partial charge is 0.301 e. The fraction of sp³-hybridized carbons (Fsp3) is 0.118. The number of aromatic nitrogens is 5. The van der Waals surface area contributed by atoms with Crippen LogP contribution in [0.25, 0.3) is 15.9 Å². The first-order valence-corrected chi connectivity index (χ1v) is 9.73. The van der Waals surface area contributed by atoms with Gasteiger partial charge in [-0.15, -0.1) is 5.10 Å². The van der Waals surface area contributed by atoms with Crippen LogP contribution < -0.4 is 5.32 Å². The van der Waals surface area contributed by atoms with Crippen molar-refractivity contribution in [3.05, 3.63) is 53.8 Å². The van der Waals surface area contributed by atoms with Gasteiger partial charge in [0.05, 0.1) is 21.7 Å². The third kappa shape index (κ3) is 3.81. The second-order valence-electron chi connectivity index (χ2n) is 5.63. The normalized spacial score (nSPS) is 11.0. The number of thiazole rings is 1. The Hall–Kier alpha value is -2.85. The number of nitrogens with zero attached hydrogens (tertiary/aromatic N) is 5. The van der Waals surface area contributed by atoms with E-state index in [1.165, 1.54) is 35.2 Å². The molecule has 1 N–H and O–H groups in total. The van der Waals surface area contributed by atoms with E-state index in [2.05, 4.69) is 25.8 Å². The molecule has 2 aromatic carbocycles. The molecule has 0 aliphatic carbocycles. The van der Waals surface area contributed by atoms with Gasteiger partial charge in [0, 0.05) is 0 Å². The van der Waals surface area contributed by atoms with Gasteiger partial charge < -0.3 is 5.32 Å². The Bertz CT molecular complexity index is 1130. The Kier molecular flexibility index (Phi) is 4.82. The van der Waals surface area contributed by atoms with E-state index in [4.69, 9.17) is 0 Å². The Balaban J connectivity index is 1.44. The molecule has 136 valence electrons. The number of anilines is 1. The van der Waals surface area contributed by atoms with Crippen molar-refractivity contribution in [1.82, 2.24) is 25.2 Å². The molecule has 2 heterocycles. The van der Waals surface area contributed by atoms with Crippen LogP contribution >= 0.6 is 23.1 Å². The Morgan fingerprint density at radius 2 is 2.15 bits per heavy atom. The highest BCUT2D eigenvalue weighted by atomic mass is 32.2. The summed E-state index contributed by atoms with van der Waals surface area (Å²) in [6.45, 7) is 1.97. The summed E-state index contributed by atoms with van der Waals surface area (Å²) in [5, 5.41) is 15.4. The van der Waals surface area contributed by atoms with Crippen LogP contribution in [-0.4, -0.2) is 36.9 Å². The van der Waals surface area contributed by atoms with Crippen molar-refractivity contribution in [2.45, 2.75) is 12.1 Å². The van der Waals surface area contributed by atoms with Gasteiger partial charge in [0.25, 0.3) is 0 Å². The summed E-state index contributed by atoms with van der Waals surface area (Å²) in [6.07, 6.45) is 0. The van der Waals surface area contributed by atoms with Crippen molar-refractivity contribution in [3.8, 4) is 5.69 Å². The minimum absolute atomic E-state index is 0.122. The molecule has 0 unspecified atom stereocenters. The van der Waals surface area contributed by atoms with Gasteiger partial charge in [-0.05, 0) is 47.2 Å². The van der Waals surface area contributed by atoms with Gasteiger partial charge in [0.15, 0.2) is 5.13 Å². The molecule has 0 fully saturated rings. The number of thioether (sulfide) groups is 1. The zero-order valence-electron chi connectivity index (χ0n) is 14.1. The molecular formula is C17H13FN6OS2. The lowest BCUT2D eigenvalue weighted by Crippen LogP contribution is -2.14. The number of halogens is 1. The number of hydrogen-bond donors (Lipinski definition) is 1. The summed E-state index contributed by atoms with van der Waals surface area (Å²) in [6, 6.07) is 12.0. The molecule has 0 bridgehead atoms. The van der Waals surface area contributed by atoms with E-state index < -0.39 is 0 Å². The molecule has 0 aliphatic heterocycles. The molecule has 1 amide bonds. The molecule has 0 spiro atoms. The number of nitrogens with one attached hydrogen (secondary N) is 1. The lowest BCUT2D eigenvalue weighted by molar-refractivity contribution is -0.113. The minimum atomic E-state index is -0.331. The number of rotatable bonds is 5. The second-order valence-corrected chi connectivity index (χ2v) is 7.60. The zero-order chi connectivity index (χ0) is 18.8. The minimum Gasteiger partial charge on any atom is -0.301 e. The predicted molar refractivity (Wildman–Crippen MR) is 103 cm³/mol. The second kappa shape index (κ2) is 7.41. The van der Waals surface area contributed by atoms with Crippen molar-refractivity contribution >= 4 is 44.4 Å². The van der Waals surface area contributed by atoms with Gasteiger partial charge in [-0.3, -0.25) is 4.79 Å². The van der Waals surface area contributed by atoms with Gasteiger partial charge in [0.1, 0.15) is 5.82 Å². The molecule has 0 atom stereocenters. The molecule has 4 aromatic rings. The van der Waals surface area contributed by atoms with Crippen molar-refractivity contribution in [1.29, 1.82) is 0 Å². The van der Waals surface area contributed by atoms with Crippen LogP contribution in [0.2, 0.25) is 0 Å². The number of aryl methyl sites for hydroxylation is 1. The number of fused-ring (bicyclic) bond motifs is 1. The van der Waals surface area contributed by atoms with Crippen LogP contribution in [0.5, 0.6) is 0 Å². The van der Waals surface area contributed by atoms with Crippen LogP contribution in [0.3, 0.4) is 0 Å². The van der Waals surface area contributed by atoms with Crippen molar-refractivity contribution < 1.29 is 9.18 Å². The highest BCUT2D eigenvalue weighted by Crippen LogP contribution is 2.27. The monoisotopic (exact) mass is 400 g/mol.